The van der Waals surface area contributed by atoms with Gasteiger partial charge in [-0.2, -0.15) is 0 Å². The number of nitrogens with zero attached hydrogens (tertiary/aromatic N) is 1. The van der Waals surface area contributed by atoms with Crippen molar-refractivity contribution >= 4 is 17.7 Å². The molecule has 2 N–H and O–H groups in total. The third kappa shape index (κ3) is 6.16. The number of amides is 1. The second-order valence-electron chi connectivity index (χ2n) is 5.98. The van der Waals surface area contributed by atoms with Gasteiger partial charge < -0.3 is 15.4 Å². The van der Waals surface area contributed by atoms with Gasteiger partial charge in [-0.05, 0) is 38.3 Å². The Bertz CT molecular complexity index is 461. The molecule has 1 fully saturated rings. The molecule has 1 unspecified atom stereocenters. The van der Waals surface area contributed by atoms with Crippen LogP contribution in [0.5, 0.6) is 0 Å². The molecule has 0 radical (unpaired) electrons. The van der Waals surface area contributed by atoms with Crippen LogP contribution in [0, 0.1) is 0 Å². The Hall–Kier alpha value is -1.04. The van der Waals surface area contributed by atoms with Crippen molar-refractivity contribution in [2.24, 2.45) is 5.73 Å². The lowest BCUT2D eigenvalue weighted by Gasteiger charge is -2.33. The summed E-state index contributed by atoms with van der Waals surface area (Å²) in [5, 5.41) is 0.00455. The number of hydrogen-bond donors (Lipinski definition) is 1. The van der Waals surface area contributed by atoms with Crippen molar-refractivity contribution in [1.29, 1.82) is 0 Å². The maximum absolute atomic E-state index is 12.5. The lowest BCUT2D eigenvalue weighted by molar-refractivity contribution is -0.132. The van der Waals surface area contributed by atoms with Crippen LogP contribution in [0.2, 0.25) is 0 Å². The minimum atomic E-state index is 0.00455. The maximum atomic E-state index is 12.5. The van der Waals surface area contributed by atoms with E-state index in [1.165, 1.54) is 5.56 Å². The zero-order chi connectivity index (χ0) is 16.5. The van der Waals surface area contributed by atoms with Crippen LogP contribution < -0.4 is 5.73 Å². The highest BCUT2D eigenvalue weighted by molar-refractivity contribution is 7.99. The zero-order valence-corrected chi connectivity index (χ0v) is 14.8. The summed E-state index contributed by atoms with van der Waals surface area (Å²) in [7, 11) is 0. The number of carbonyl (C=O) groups excluding carboxylic acids is 1. The number of piperidine rings is 1. The predicted octanol–water partition coefficient (Wildman–Crippen LogP) is 2.66. The van der Waals surface area contributed by atoms with Crippen LogP contribution >= 0.6 is 11.8 Å². The third-order valence-corrected chi connectivity index (χ3v) is 5.35. The molecule has 1 aliphatic heterocycles. The molecular weight excluding hydrogens is 308 g/mol. The van der Waals surface area contributed by atoms with Crippen molar-refractivity contribution in [3.63, 3.8) is 0 Å². The monoisotopic (exact) mass is 336 g/mol. The number of benzene rings is 1. The van der Waals surface area contributed by atoms with Gasteiger partial charge in [-0.15, -0.1) is 11.8 Å². The van der Waals surface area contributed by atoms with Gasteiger partial charge in [0, 0.05) is 25.4 Å². The first-order valence-corrected chi connectivity index (χ1v) is 9.51. The number of likely N-dealkylation sites (tertiary alicyclic amines) is 1. The van der Waals surface area contributed by atoms with Crippen LogP contribution in [0.25, 0.3) is 0 Å². The molecule has 0 aliphatic carbocycles. The number of rotatable bonds is 8. The fourth-order valence-corrected chi connectivity index (χ4v) is 3.63. The molecule has 1 heterocycles. The second kappa shape index (κ2) is 9.96. The molecule has 1 aromatic rings. The van der Waals surface area contributed by atoms with Crippen LogP contribution in [-0.2, 0) is 15.3 Å². The molecule has 0 aromatic heterocycles. The molecule has 1 aromatic carbocycles. The molecule has 1 atom stereocenters. The number of ether oxygens (including phenoxy) is 1. The molecule has 0 saturated carbocycles. The average molecular weight is 337 g/mol. The molecule has 128 valence electrons. The summed E-state index contributed by atoms with van der Waals surface area (Å²) in [5.74, 6) is 1.14. The highest BCUT2D eigenvalue weighted by Gasteiger charge is 2.26. The average Bonchev–Trinajstić information content (AvgIpc) is 2.61. The van der Waals surface area contributed by atoms with Gasteiger partial charge in [0.25, 0.3) is 0 Å². The topological polar surface area (TPSA) is 55.6 Å². The molecule has 2 rings (SSSR count). The fourth-order valence-electron chi connectivity index (χ4n) is 2.70. The highest BCUT2D eigenvalue weighted by Crippen LogP contribution is 2.22. The van der Waals surface area contributed by atoms with Gasteiger partial charge in [-0.3, -0.25) is 4.79 Å². The van der Waals surface area contributed by atoms with Gasteiger partial charge in [-0.25, -0.2) is 0 Å². The van der Waals surface area contributed by atoms with Gasteiger partial charge in [0.05, 0.1) is 11.4 Å². The van der Waals surface area contributed by atoms with Gasteiger partial charge in [-0.1, -0.05) is 30.3 Å². The normalized spacial score (nSPS) is 17.2. The van der Waals surface area contributed by atoms with Crippen LogP contribution in [0.4, 0.5) is 0 Å². The second-order valence-corrected chi connectivity index (χ2v) is 7.31. The van der Waals surface area contributed by atoms with Crippen molar-refractivity contribution in [1.82, 2.24) is 4.90 Å². The highest BCUT2D eigenvalue weighted by atomic mass is 32.2. The number of nitrogens with two attached hydrogens (primary N) is 1. The molecule has 1 saturated heterocycles. The molecule has 23 heavy (non-hydrogen) atoms. The number of thioether (sulfide) groups is 1. The molecule has 1 aliphatic rings. The lowest BCUT2D eigenvalue weighted by Crippen LogP contribution is -2.44. The van der Waals surface area contributed by atoms with Gasteiger partial charge in [0.15, 0.2) is 0 Å². The third-order valence-electron chi connectivity index (χ3n) is 4.15. The van der Waals surface area contributed by atoms with Crippen molar-refractivity contribution < 1.29 is 9.53 Å². The van der Waals surface area contributed by atoms with E-state index < -0.39 is 0 Å². The van der Waals surface area contributed by atoms with E-state index in [0.29, 0.717) is 6.54 Å². The molecule has 1 amide bonds. The van der Waals surface area contributed by atoms with Crippen molar-refractivity contribution in [2.45, 2.75) is 43.3 Å². The predicted molar refractivity (Wildman–Crippen MR) is 96.4 cm³/mol. The van der Waals surface area contributed by atoms with Crippen molar-refractivity contribution in [3.8, 4) is 0 Å². The minimum Gasteiger partial charge on any atom is -0.378 e. The van der Waals surface area contributed by atoms with Gasteiger partial charge in [0.1, 0.15) is 0 Å². The van der Waals surface area contributed by atoms with Crippen LogP contribution in [0.1, 0.15) is 31.7 Å². The van der Waals surface area contributed by atoms with E-state index in [0.717, 1.165) is 44.7 Å². The van der Waals surface area contributed by atoms with Crippen LogP contribution in [-0.4, -0.2) is 48.4 Å². The van der Waals surface area contributed by atoms with Crippen molar-refractivity contribution in [3.05, 3.63) is 35.9 Å². The SMILES string of the molecule is CC(SCc1ccccc1)C(=O)N1CCC(OCCCN)CC1. The molecule has 0 spiro atoms. The van der Waals surface area contributed by atoms with E-state index in [-0.39, 0.29) is 17.3 Å². The maximum Gasteiger partial charge on any atom is 0.235 e. The summed E-state index contributed by atoms with van der Waals surface area (Å²) in [4.78, 5) is 14.5. The summed E-state index contributed by atoms with van der Waals surface area (Å²) in [6, 6.07) is 10.3. The first kappa shape index (κ1) is 18.3. The minimum absolute atomic E-state index is 0.00455. The van der Waals surface area contributed by atoms with E-state index >= 15 is 0 Å². The van der Waals surface area contributed by atoms with Gasteiger partial charge in [0.2, 0.25) is 5.91 Å². The van der Waals surface area contributed by atoms with Crippen LogP contribution in [0.3, 0.4) is 0 Å². The Labute approximate surface area is 143 Å². The summed E-state index contributed by atoms with van der Waals surface area (Å²) >= 11 is 1.71. The Kier molecular flexibility index (Phi) is 7.92. The zero-order valence-electron chi connectivity index (χ0n) is 13.9. The molecule has 0 bridgehead atoms. The Balaban J connectivity index is 1.69. The summed E-state index contributed by atoms with van der Waals surface area (Å²) < 4.78 is 5.79. The van der Waals surface area contributed by atoms with E-state index in [4.69, 9.17) is 10.5 Å². The number of carbonyl (C=O) groups is 1. The molecule has 4 nitrogen and oxygen atoms in total. The molecule has 5 heteroatoms. The molecular formula is C18H28N2O2S. The Morgan fingerprint density at radius 3 is 2.70 bits per heavy atom. The number of hydrogen-bond acceptors (Lipinski definition) is 4. The summed E-state index contributed by atoms with van der Waals surface area (Å²) in [6.45, 7) is 5.04. The first-order valence-electron chi connectivity index (χ1n) is 8.46. The largest absolute Gasteiger partial charge is 0.378 e. The fraction of sp³-hybridized carbons (Fsp3) is 0.611. The van der Waals surface area contributed by atoms with Crippen LogP contribution in [0.15, 0.2) is 30.3 Å². The van der Waals surface area contributed by atoms with E-state index in [9.17, 15) is 4.79 Å². The van der Waals surface area contributed by atoms with E-state index in [1.54, 1.807) is 11.8 Å². The van der Waals surface area contributed by atoms with E-state index in [1.807, 2.05) is 30.0 Å². The smallest absolute Gasteiger partial charge is 0.235 e. The Morgan fingerprint density at radius 1 is 1.35 bits per heavy atom. The van der Waals surface area contributed by atoms with E-state index in [2.05, 4.69) is 12.1 Å². The van der Waals surface area contributed by atoms with Gasteiger partial charge >= 0.3 is 0 Å². The van der Waals surface area contributed by atoms with Crippen molar-refractivity contribution in [2.75, 3.05) is 26.2 Å². The Morgan fingerprint density at radius 2 is 2.04 bits per heavy atom. The summed E-state index contributed by atoms with van der Waals surface area (Å²) in [5.41, 5.74) is 6.74. The lowest BCUT2D eigenvalue weighted by atomic mass is 10.1. The quantitative estimate of drug-likeness (QED) is 0.742. The summed E-state index contributed by atoms with van der Waals surface area (Å²) in [6.07, 6.45) is 3.07. The first-order chi connectivity index (χ1) is 11.2. The standard InChI is InChI=1S/C18H28N2O2S/c1-15(23-14-16-6-3-2-4-7-16)18(21)20-11-8-17(9-12-20)22-13-5-10-19/h2-4,6-7,15,17H,5,8-14,19H2,1H3.